The van der Waals surface area contributed by atoms with Crippen LogP contribution in [0.15, 0.2) is 18.2 Å². The summed E-state index contributed by atoms with van der Waals surface area (Å²) in [7, 11) is 1.75. The number of hydrogen-bond donors (Lipinski definition) is 2. The number of fused-ring (bicyclic) bond motifs is 1. The summed E-state index contributed by atoms with van der Waals surface area (Å²) >= 11 is 0. The number of anilines is 2. The molecule has 2 rings (SSSR count). The van der Waals surface area contributed by atoms with E-state index in [4.69, 9.17) is 5.11 Å². The predicted molar refractivity (Wildman–Crippen MR) is 64.3 cm³/mol. The molecule has 0 saturated heterocycles. The van der Waals surface area contributed by atoms with Crippen LogP contribution in [-0.4, -0.2) is 30.1 Å². The first-order valence-electron chi connectivity index (χ1n) is 5.36. The van der Waals surface area contributed by atoms with Gasteiger partial charge in [0.2, 0.25) is 5.91 Å². The van der Waals surface area contributed by atoms with Crippen molar-refractivity contribution < 1.29 is 14.7 Å². The number of nitrogens with one attached hydrogen (secondary N) is 1. The Balaban J connectivity index is 2.41. The van der Waals surface area contributed by atoms with E-state index >= 15 is 0 Å². The number of carbonyl (C=O) groups excluding carboxylic acids is 1. The molecule has 1 heterocycles. The Morgan fingerprint density at radius 1 is 1.53 bits per heavy atom. The van der Waals surface area contributed by atoms with Crippen LogP contribution in [0.5, 0.6) is 0 Å². The minimum atomic E-state index is -0.978. The average Bonchev–Trinajstić information content (AvgIpc) is 2.23. The summed E-state index contributed by atoms with van der Waals surface area (Å²) in [6.45, 7) is 1.94. The minimum Gasteiger partial charge on any atom is -0.481 e. The van der Waals surface area contributed by atoms with E-state index in [9.17, 15) is 9.59 Å². The SMILES string of the molecule is Cc1cccc2c1N(C)C(CC(=O)O)C(=O)N2. The average molecular weight is 234 g/mol. The minimum absolute atomic E-state index is 0.198. The number of carboxylic acid groups (broad SMARTS) is 1. The summed E-state index contributed by atoms with van der Waals surface area (Å²) in [5, 5.41) is 11.6. The monoisotopic (exact) mass is 234 g/mol. The Morgan fingerprint density at radius 3 is 2.88 bits per heavy atom. The van der Waals surface area contributed by atoms with Crippen molar-refractivity contribution >= 4 is 23.3 Å². The van der Waals surface area contributed by atoms with Crippen LogP contribution in [0.1, 0.15) is 12.0 Å². The maximum absolute atomic E-state index is 11.8. The number of aliphatic carboxylic acids is 1. The van der Waals surface area contributed by atoms with Crippen molar-refractivity contribution in [3.63, 3.8) is 0 Å². The molecule has 1 aliphatic heterocycles. The van der Waals surface area contributed by atoms with Crippen molar-refractivity contribution in [3.8, 4) is 0 Å². The largest absolute Gasteiger partial charge is 0.481 e. The summed E-state index contributed by atoms with van der Waals surface area (Å²) in [5.74, 6) is -1.25. The molecule has 90 valence electrons. The number of benzene rings is 1. The summed E-state index contributed by atoms with van der Waals surface area (Å²) in [6, 6.07) is 4.96. The molecule has 0 fully saturated rings. The number of aryl methyl sites for hydroxylation is 1. The van der Waals surface area contributed by atoms with Gasteiger partial charge in [0.25, 0.3) is 0 Å². The van der Waals surface area contributed by atoms with Gasteiger partial charge in [0.15, 0.2) is 0 Å². The number of rotatable bonds is 2. The Hall–Kier alpha value is -2.04. The van der Waals surface area contributed by atoms with Crippen LogP contribution < -0.4 is 10.2 Å². The van der Waals surface area contributed by atoms with Gasteiger partial charge >= 0.3 is 5.97 Å². The summed E-state index contributed by atoms with van der Waals surface area (Å²) in [5.41, 5.74) is 2.64. The topological polar surface area (TPSA) is 69.6 Å². The third-order valence-corrected chi connectivity index (χ3v) is 2.99. The van der Waals surface area contributed by atoms with Gasteiger partial charge in [0.05, 0.1) is 17.8 Å². The molecular weight excluding hydrogens is 220 g/mol. The highest BCUT2D eigenvalue weighted by atomic mass is 16.4. The molecule has 1 amide bonds. The highest BCUT2D eigenvalue weighted by Gasteiger charge is 2.32. The first-order valence-corrected chi connectivity index (χ1v) is 5.36. The lowest BCUT2D eigenvalue weighted by molar-refractivity contribution is -0.138. The molecule has 0 saturated carbocycles. The lowest BCUT2D eigenvalue weighted by Crippen LogP contribution is -2.47. The molecule has 0 radical (unpaired) electrons. The second kappa shape index (κ2) is 4.08. The van der Waals surface area contributed by atoms with E-state index in [0.717, 1.165) is 16.9 Å². The molecule has 0 aromatic heterocycles. The molecule has 5 nitrogen and oxygen atoms in total. The number of carbonyl (C=O) groups is 2. The molecular formula is C12H14N2O3. The van der Waals surface area contributed by atoms with E-state index in [1.54, 1.807) is 11.9 Å². The van der Waals surface area contributed by atoms with Gasteiger partial charge < -0.3 is 15.3 Å². The van der Waals surface area contributed by atoms with Gasteiger partial charge in [-0.25, -0.2) is 0 Å². The fourth-order valence-corrected chi connectivity index (χ4v) is 2.17. The molecule has 1 unspecified atom stereocenters. The first kappa shape index (κ1) is 11.4. The molecule has 1 aromatic carbocycles. The van der Waals surface area contributed by atoms with Crippen LogP contribution >= 0.6 is 0 Å². The van der Waals surface area contributed by atoms with Crippen molar-refractivity contribution in [2.45, 2.75) is 19.4 Å². The van der Waals surface area contributed by atoms with Crippen molar-refractivity contribution in [2.75, 3.05) is 17.3 Å². The third-order valence-electron chi connectivity index (χ3n) is 2.99. The lowest BCUT2D eigenvalue weighted by Gasteiger charge is -2.35. The van der Waals surface area contributed by atoms with Crippen molar-refractivity contribution in [3.05, 3.63) is 23.8 Å². The van der Waals surface area contributed by atoms with Crippen molar-refractivity contribution in [1.29, 1.82) is 0 Å². The maximum atomic E-state index is 11.8. The summed E-state index contributed by atoms with van der Waals surface area (Å²) < 4.78 is 0. The smallest absolute Gasteiger partial charge is 0.305 e. The van der Waals surface area contributed by atoms with Crippen LogP contribution in [-0.2, 0) is 9.59 Å². The fraction of sp³-hybridized carbons (Fsp3) is 0.333. The molecule has 1 atom stereocenters. The van der Waals surface area contributed by atoms with Gasteiger partial charge in [-0.2, -0.15) is 0 Å². The predicted octanol–water partition coefficient (Wildman–Crippen LogP) is 1.23. The molecule has 2 N–H and O–H groups in total. The fourth-order valence-electron chi connectivity index (χ4n) is 2.17. The second-order valence-electron chi connectivity index (χ2n) is 4.18. The number of hydrogen-bond acceptors (Lipinski definition) is 3. The number of carboxylic acids is 1. The first-order chi connectivity index (χ1) is 8.00. The second-order valence-corrected chi connectivity index (χ2v) is 4.18. The van der Waals surface area contributed by atoms with Gasteiger partial charge in [-0.3, -0.25) is 9.59 Å². The van der Waals surface area contributed by atoms with Gasteiger partial charge in [0.1, 0.15) is 6.04 Å². The van der Waals surface area contributed by atoms with Crippen LogP contribution in [0.2, 0.25) is 0 Å². The van der Waals surface area contributed by atoms with Gasteiger partial charge in [-0.1, -0.05) is 12.1 Å². The van der Waals surface area contributed by atoms with E-state index in [0.29, 0.717) is 0 Å². The zero-order valence-corrected chi connectivity index (χ0v) is 9.73. The van der Waals surface area contributed by atoms with Gasteiger partial charge in [-0.05, 0) is 18.6 Å². The zero-order valence-electron chi connectivity index (χ0n) is 9.73. The highest BCUT2D eigenvalue weighted by Crippen LogP contribution is 2.34. The van der Waals surface area contributed by atoms with Crippen molar-refractivity contribution in [2.24, 2.45) is 0 Å². The number of likely N-dealkylation sites (N-methyl/N-ethyl adjacent to an activating group) is 1. The summed E-state index contributed by atoms with van der Waals surface area (Å²) in [4.78, 5) is 24.3. The third kappa shape index (κ3) is 1.95. The molecule has 1 aromatic rings. The Kier molecular flexibility index (Phi) is 2.75. The van der Waals surface area contributed by atoms with Crippen LogP contribution in [0.3, 0.4) is 0 Å². The number of para-hydroxylation sites is 1. The standard InChI is InChI=1S/C12H14N2O3/c1-7-4-3-5-8-11(7)14(2)9(6-10(15)16)12(17)13-8/h3-5,9H,6H2,1-2H3,(H,13,17)(H,15,16). The molecule has 0 aliphatic carbocycles. The van der Waals surface area contributed by atoms with Crippen LogP contribution in [0, 0.1) is 6.92 Å². The van der Waals surface area contributed by atoms with Crippen LogP contribution in [0.4, 0.5) is 11.4 Å². The lowest BCUT2D eigenvalue weighted by atomic mass is 10.0. The van der Waals surface area contributed by atoms with Gasteiger partial charge in [0, 0.05) is 7.05 Å². The Morgan fingerprint density at radius 2 is 2.24 bits per heavy atom. The van der Waals surface area contributed by atoms with E-state index in [1.165, 1.54) is 0 Å². The normalized spacial score (nSPS) is 18.6. The highest BCUT2D eigenvalue weighted by molar-refractivity contribution is 6.05. The quantitative estimate of drug-likeness (QED) is 0.807. The van der Waals surface area contributed by atoms with E-state index in [1.807, 2.05) is 25.1 Å². The molecule has 5 heteroatoms. The molecule has 17 heavy (non-hydrogen) atoms. The van der Waals surface area contributed by atoms with Crippen LogP contribution in [0.25, 0.3) is 0 Å². The van der Waals surface area contributed by atoms with E-state index in [-0.39, 0.29) is 12.3 Å². The molecule has 0 bridgehead atoms. The Labute approximate surface area is 99.0 Å². The Bertz CT molecular complexity index is 485. The number of nitrogens with zero attached hydrogens (tertiary/aromatic N) is 1. The van der Waals surface area contributed by atoms with E-state index in [2.05, 4.69) is 5.32 Å². The molecule has 1 aliphatic rings. The van der Waals surface area contributed by atoms with E-state index < -0.39 is 12.0 Å². The summed E-state index contributed by atoms with van der Waals surface area (Å²) in [6.07, 6.45) is -0.198. The molecule has 0 spiro atoms. The zero-order chi connectivity index (χ0) is 12.6. The van der Waals surface area contributed by atoms with Crippen molar-refractivity contribution in [1.82, 2.24) is 0 Å². The van der Waals surface area contributed by atoms with Gasteiger partial charge in [-0.15, -0.1) is 0 Å². The maximum Gasteiger partial charge on any atom is 0.305 e. The number of amides is 1.